The Balaban J connectivity index is 2.50. The number of methoxy groups -OCH3 is 1. The molecule has 0 unspecified atom stereocenters. The SMILES string of the molecule is COC(=O)[C@H](CSC/C=C(\C)CC/C=C(\C)CCC=C(C)C)NC(=O)c1ccc([N+](=O)[O-])cc1. The number of benzene rings is 1. The van der Waals surface area contributed by atoms with Crippen LogP contribution in [0.1, 0.15) is 63.7 Å². The summed E-state index contributed by atoms with van der Waals surface area (Å²) < 4.78 is 4.81. The number of esters is 1. The van der Waals surface area contributed by atoms with E-state index in [9.17, 15) is 19.7 Å². The number of nitro groups is 1. The summed E-state index contributed by atoms with van der Waals surface area (Å²) in [5, 5.41) is 13.4. The number of non-ortho nitro benzene ring substituents is 1. The van der Waals surface area contributed by atoms with Gasteiger partial charge in [0.25, 0.3) is 11.6 Å². The van der Waals surface area contributed by atoms with Gasteiger partial charge >= 0.3 is 5.97 Å². The maximum absolute atomic E-state index is 12.5. The minimum absolute atomic E-state index is 0.104. The summed E-state index contributed by atoms with van der Waals surface area (Å²) in [4.78, 5) is 34.8. The maximum atomic E-state index is 12.5. The molecule has 1 aromatic rings. The lowest BCUT2D eigenvalue weighted by atomic mass is 10.1. The first-order chi connectivity index (χ1) is 16.1. The van der Waals surface area contributed by atoms with Crippen LogP contribution in [-0.4, -0.2) is 41.5 Å². The molecule has 0 aliphatic carbocycles. The van der Waals surface area contributed by atoms with Gasteiger partial charge in [-0.3, -0.25) is 14.9 Å². The van der Waals surface area contributed by atoms with E-state index in [1.807, 2.05) is 0 Å². The molecular weight excluding hydrogens is 452 g/mol. The summed E-state index contributed by atoms with van der Waals surface area (Å²) in [6.07, 6.45) is 10.9. The van der Waals surface area contributed by atoms with Gasteiger partial charge in [0.1, 0.15) is 6.04 Å². The van der Waals surface area contributed by atoms with Gasteiger partial charge in [0.15, 0.2) is 0 Å². The van der Waals surface area contributed by atoms with E-state index in [1.165, 1.54) is 59.9 Å². The number of ether oxygens (including phenoxy) is 1. The molecule has 8 heteroatoms. The van der Waals surface area contributed by atoms with Crippen molar-refractivity contribution in [2.24, 2.45) is 0 Å². The van der Waals surface area contributed by atoms with Crippen LogP contribution < -0.4 is 5.32 Å². The number of hydrogen-bond acceptors (Lipinski definition) is 6. The van der Waals surface area contributed by atoms with Crippen molar-refractivity contribution >= 4 is 29.3 Å². The Morgan fingerprint density at radius 1 is 1.03 bits per heavy atom. The maximum Gasteiger partial charge on any atom is 0.329 e. The number of hydrogen-bond donors (Lipinski definition) is 1. The van der Waals surface area contributed by atoms with Gasteiger partial charge in [0, 0.05) is 29.2 Å². The number of nitro benzene ring substituents is 1. The second kappa shape index (κ2) is 15.9. The molecule has 1 amide bonds. The van der Waals surface area contributed by atoms with Crippen molar-refractivity contribution in [3.63, 3.8) is 0 Å². The number of carbonyl (C=O) groups is 2. The van der Waals surface area contributed by atoms with Crippen molar-refractivity contribution in [3.05, 3.63) is 74.9 Å². The third-order valence-electron chi connectivity index (χ3n) is 5.09. The minimum atomic E-state index is -0.808. The molecule has 7 nitrogen and oxygen atoms in total. The van der Waals surface area contributed by atoms with Crippen LogP contribution in [0.3, 0.4) is 0 Å². The number of carbonyl (C=O) groups excluding carboxylic acids is 2. The van der Waals surface area contributed by atoms with Crippen LogP contribution in [0.4, 0.5) is 5.69 Å². The summed E-state index contributed by atoms with van der Waals surface area (Å²) in [5.74, 6) is 0.0655. The number of thioether (sulfide) groups is 1. The third-order valence-corrected chi connectivity index (χ3v) is 6.06. The highest BCUT2D eigenvalue weighted by atomic mass is 32.2. The van der Waals surface area contributed by atoms with E-state index >= 15 is 0 Å². The fourth-order valence-corrected chi connectivity index (χ4v) is 4.01. The van der Waals surface area contributed by atoms with E-state index in [4.69, 9.17) is 4.74 Å². The number of rotatable bonds is 14. The zero-order valence-corrected chi connectivity index (χ0v) is 21.6. The lowest BCUT2D eigenvalue weighted by molar-refractivity contribution is -0.384. The molecule has 0 aliphatic heterocycles. The van der Waals surface area contributed by atoms with Gasteiger partial charge in [0.2, 0.25) is 0 Å². The Hall–Kier alpha value is -2.87. The minimum Gasteiger partial charge on any atom is -0.467 e. The zero-order chi connectivity index (χ0) is 25.5. The van der Waals surface area contributed by atoms with E-state index in [-0.39, 0.29) is 11.3 Å². The van der Waals surface area contributed by atoms with Crippen LogP contribution in [0.2, 0.25) is 0 Å². The molecule has 0 aliphatic rings. The summed E-state index contributed by atoms with van der Waals surface area (Å²) in [7, 11) is 1.28. The second-order valence-corrected chi connectivity index (χ2v) is 9.43. The Bertz CT molecular complexity index is 916. The topological polar surface area (TPSA) is 98.5 Å². The molecule has 0 saturated heterocycles. The molecule has 0 saturated carbocycles. The first kappa shape index (κ1) is 29.2. The van der Waals surface area contributed by atoms with E-state index in [0.717, 1.165) is 31.4 Å². The van der Waals surface area contributed by atoms with Gasteiger partial charge in [-0.1, -0.05) is 34.9 Å². The van der Waals surface area contributed by atoms with E-state index in [0.29, 0.717) is 5.75 Å². The van der Waals surface area contributed by atoms with Crippen LogP contribution in [0.5, 0.6) is 0 Å². The third kappa shape index (κ3) is 11.8. The Kier molecular flexibility index (Phi) is 13.6. The van der Waals surface area contributed by atoms with Crippen molar-refractivity contribution in [2.45, 2.75) is 59.4 Å². The van der Waals surface area contributed by atoms with Crippen LogP contribution in [0.25, 0.3) is 0 Å². The molecule has 0 fully saturated rings. The number of nitrogens with one attached hydrogen (secondary N) is 1. The molecule has 1 N–H and O–H groups in total. The fraction of sp³-hybridized carbons (Fsp3) is 0.462. The van der Waals surface area contributed by atoms with Crippen LogP contribution in [0, 0.1) is 10.1 Å². The molecule has 0 aromatic heterocycles. The normalized spacial score (nSPS) is 12.6. The summed E-state index contributed by atoms with van der Waals surface area (Å²) in [5.41, 5.74) is 4.18. The summed E-state index contributed by atoms with van der Waals surface area (Å²) >= 11 is 1.53. The summed E-state index contributed by atoms with van der Waals surface area (Å²) in [6, 6.07) is 4.42. The molecule has 0 radical (unpaired) electrons. The number of nitrogens with zero attached hydrogens (tertiary/aromatic N) is 1. The first-order valence-electron chi connectivity index (χ1n) is 11.3. The Morgan fingerprint density at radius 2 is 1.62 bits per heavy atom. The Morgan fingerprint density at radius 3 is 2.18 bits per heavy atom. The molecule has 1 atom stereocenters. The fourth-order valence-electron chi connectivity index (χ4n) is 3.01. The Labute approximate surface area is 206 Å². The lowest BCUT2D eigenvalue weighted by Gasteiger charge is -2.16. The van der Waals surface area contributed by atoms with E-state index < -0.39 is 22.8 Å². The molecule has 34 heavy (non-hydrogen) atoms. The van der Waals surface area contributed by atoms with Crippen LogP contribution >= 0.6 is 11.8 Å². The van der Waals surface area contributed by atoms with Gasteiger partial charge in [-0.25, -0.2) is 4.79 Å². The van der Waals surface area contributed by atoms with Gasteiger partial charge in [-0.05, 0) is 65.5 Å². The average molecular weight is 489 g/mol. The quantitative estimate of drug-likeness (QED) is 0.113. The molecule has 186 valence electrons. The molecule has 1 rings (SSSR count). The van der Waals surface area contributed by atoms with Crippen molar-refractivity contribution < 1.29 is 19.2 Å². The van der Waals surface area contributed by atoms with Crippen molar-refractivity contribution in [2.75, 3.05) is 18.6 Å². The predicted molar refractivity (Wildman–Crippen MR) is 139 cm³/mol. The zero-order valence-electron chi connectivity index (χ0n) is 20.8. The average Bonchev–Trinajstić information content (AvgIpc) is 2.80. The smallest absolute Gasteiger partial charge is 0.329 e. The van der Waals surface area contributed by atoms with Gasteiger partial charge in [0.05, 0.1) is 12.0 Å². The standard InChI is InChI=1S/C26H36N2O5S/c1-19(2)8-6-9-20(3)10-7-11-21(4)16-17-34-18-24(26(30)33-5)27-25(29)22-12-14-23(15-13-22)28(31)32/h8,10,12-16,24H,6-7,9,11,17-18H2,1-5H3,(H,27,29)/b20-10+,21-16+/t24-/m0/s1. The number of amides is 1. The largest absolute Gasteiger partial charge is 0.467 e. The van der Waals surface area contributed by atoms with Crippen LogP contribution in [-0.2, 0) is 9.53 Å². The van der Waals surface area contributed by atoms with Gasteiger partial charge < -0.3 is 10.1 Å². The molecule has 0 spiro atoms. The van der Waals surface area contributed by atoms with Gasteiger partial charge in [-0.2, -0.15) is 11.8 Å². The highest BCUT2D eigenvalue weighted by Crippen LogP contribution is 2.15. The van der Waals surface area contributed by atoms with E-state index in [2.05, 4.69) is 51.2 Å². The van der Waals surface area contributed by atoms with Crippen molar-refractivity contribution in [1.82, 2.24) is 5.32 Å². The van der Waals surface area contributed by atoms with Gasteiger partial charge in [-0.15, -0.1) is 0 Å². The molecule has 0 heterocycles. The summed E-state index contributed by atoms with van der Waals surface area (Å²) in [6.45, 7) is 8.50. The molecule has 1 aromatic carbocycles. The highest BCUT2D eigenvalue weighted by Gasteiger charge is 2.22. The predicted octanol–water partition coefficient (Wildman–Crippen LogP) is 6.02. The lowest BCUT2D eigenvalue weighted by Crippen LogP contribution is -2.43. The number of allylic oxidation sites excluding steroid dienone is 5. The highest BCUT2D eigenvalue weighted by molar-refractivity contribution is 7.99. The monoisotopic (exact) mass is 488 g/mol. The van der Waals surface area contributed by atoms with Crippen molar-refractivity contribution in [3.8, 4) is 0 Å². The van der Waals surface area contributed by atoms with Crippen LogP contribution in [0.15, 0.2) is 59.2 Å². The van der Waals surface area contributed by atoms with E-state index in [1.54, 1.807) is 0 Å². The first-order valence-corrected chi connectivity index (χ1v) is 12.4. The second-order valence-electron chi connectivity index (χ2n) is 8.35. The molecule has 0 bridgehead atoms. The van der Waals surface area contributed by atoms with Crippen molar-refractivity contribution in [1.29, 1.82) is 0 Å². The molecular formula is C26H36N2O5S.